The lowest BCUT2D eigenvalue weighted by atomic mass is 9.86. The van der Waals surface area contributed by atoms with Gasteiger partial charge < -0.3 is 4.90 Å². The summed E-state index contributed by atoms with van der Waals surface area (Å²) in [6, 6.07) is 32.0. The van der Waals surface area contributed by atoms with Crippen LogP contribution in [0.3, 0.4) is 0 Å². The number of nitrogens with zero attached hydrogens (tertiary/aromatic N) is 1. The number of benzene rings is 4. The summed E-state index contributed by atoms with van der Waals surface area (Å²) in [6.45, 7) is 29.0. The van der Waals surface area contributed by atoms with E-state index in [4.69, 9.17) is 6.42 Å². The summed E-state index contributed by atoms with van der Waals surface area (Å²) in [7, 11) is 0. The zero-order valence-electron chi connectivity index (χ0n) is 33.2. The zero-order valence-corrected chi connectivity index (χ0v) is 33.2. The van der Waals surface area contributed by atoms with Crippen molar-refractivity contribution >= 4 is 11.6 Å². The van der Waals surface area contributed by atoms with Gasteiger partial charge in [-0.15, -0.1) is 6.42 Å². The van der Waals surface area contributed by atoms with Crippen molar-refractivity contribution < 1.29 is 9.18 Å². The van der Waals surface area contributed by atoms with Crippen LogP contribution in [0.2, 0.25) is 0 Å². The SMILES string of the molecule is C#Cc1cccc(C(C)(C)C)c1.CC(C)(C)c1cccc(F)c1.CC(C)(C)c1cccc(N2CCCC2=O)c1.Cc1ccc(C(C)(C)C)cc1. The predicted octanol–water partition coefficient (Wildman–Crippen LogP) is 12.5. The maximum Gasteiger partial charge on any atom is 0.227 e. The fourth-order valence-electron chi connectivity index (χ4n) is 5.15. The molecule has 0 atom stereocenters. The molecule has 4 aromatic rings. The van der Waals surface area contributed by atoms with Gasteiger partial charge in [0.1, 0.15) is 5.82 Å². The maximum atomic E-state index is 12.7. The van der Waals surface area contributed by atoms with Crippen LogP contribution in [0.1, 0.15) is 129 Å². The molecule has 3 heteroatoms. The van der Waals surface area contributed by atoms with Crippen molar-refractivity contribution in [1.82, 2.24) is 0 Å². The van der Waals surface area contributed by atoms with Crippen molar-refractivity contribution in [2.45, 2.75) is 125 Å². The molecule has 50 heavy (non-hydrogen) atoms. The number of carbonyl (C=O) groups excluding carboxylic acids is 1. The molecule has 1 heterocycles. The van der Waals surface area contributed by atoms with Gasteiger partial charge in [-0.25, -0.2) is 4.39 Å². The molecule has 0 N–H and O–H groups in total. The van der Waals surface area contributed by atoms with Crippen LogP contribution >= 0.6 is 0 Å². The Hall–Kier alpha value is -4.16. The van der Waals surface area contributed by atoms with Gasteiger partial charge in [0.25, 0.3) is 0 Å². The van der Waals surface area contributed by atoms with E-state index in [2.05, 4.69) is 144 Å². The molecular weight excluding hydrogens is 614 g/mol. The number of hydrogen-bond donors (Lipinski definition) is 0. The third-order valence-electron chi connectivity index (χ3n) is 8.60. The van der Waals surface area contributed by atoms with Crippen LogP contribution in [-0.4, -0.2) is 12.5 Å². The maximum absolute atomic E-state index is 12.7. The smallest absolute Gasteiger partial charge is 0.227 e. The van der Waals surface area contributed by atoms with Gasteiger partial charge in [-0.3, -0.25) is 4.79 Å². The summed E-state index contributed by atoms with van der Waals surface area (Å²) in [6.07, 6.45) is 6.99. The van der Waals surface area contributed by atoms with Gasteiger partial charge in [-0.05, 0) is 93.7 Å². The minimum absolute atomic E-state index is 0.0437. The third-order valence-corrected chi connectivity index (χ3v) is 8.60. The van der Waals surface area contributed by atoms with E-state index in [-0.39, 0.29) is 33.4 Å². The van der Waals surface area contributed by atoms with Crippen LogP contribution in [0, 0.1) is 25.1 Å². The highest BCUT2D eigenvalue weighted by atomic mass is 19.1. The summed E-state index contributed by atoms with van der Waals surface area (Å²) < 4.78 is 12.7. The molecule has 1 aliphatic heterocycles. The highest BCUT2D eigenvalue weighted by Gasteiger charge is 2.23. The second-order valence-electron chi connectivity index (χ2n) is 17.3. The van der Waals surface area contributed by atoms with Crippen molar-refractivity contribution in [3.05, 3.63) is 136 Å². The molecule has 0 saturated carbocycles. The fraction of sp³-hybridized carbons (Fsp3) is 0.426. The second kappa shape index (κ2) is 17.7. The van der Waals surface area contributed by atoms with Crippen LogP contribution < -0.4 is 4.90 Å². The molecule has 2 nitrogen and oxygen atoms in total. The minimum Gasteiger partial charge on any atom is -0.312 e. The molecule has 0 aliphatic carbocycles. The molecule has 0 spiro atoms. The summed E-state index contributed by atoms with van der Waals surface area (Å²) in [5.74, 6) is 2.74. The molecule has 4 aromatic carbocycles. The summed E-state index contributed by atoms with van der Waals surface area (Å²) in [5, 5.41) is 0. The number of rotatable bonds is 1. The van der Waals surface area contributed by atoms with Crippen molar-refractivity contribution in [2.24, 2.45) is 0 Å². The van der Waals surface area contributed by atoms with Gasteiger partial charge >= 0.3 is 0 Å². The molecule has 5 rings (SSSR count). The highest BCUT2D eigenvalue weighted by Crippen LogP contribution is 2.29. The Kier molecular flexibility index (Phi) is 14.8. The predicted molar refractivity (Wildman–Crippen MR) is 215 cm³/mol. The van der Waals surface area contributed by atoms with Crippen LogP contribution in [0.4, 0.5) is 10.1 Å². The topological polar surface area (TPSA) is 20.3 Å². The first kappa shape index (κ1) is 42.0. The first-order valence-corrected chi connectivity index (χ1v) is 17.8. The van der Waals surface area contributed by atoms with E-state index in [0.717, 1.165) is 29.8 Å². The first-order chi connectivity index (χ1) is 23.0. The lowest BCUT2D eigenvalue weighted by Gasteiger charge is -2.22. The van der Waals surface area contributed by atoms with Gasteiger partial charge in [-0.2, -0.15) is 0 Å². The zero-order chi connectivity index (χ0) is 37.9. The Morgan fingerprint density at radius 2 is 1.06 bits per heavy atom. The molecule has 1 amide bonds. The molecule has 0 radical (unpaired) electrons. The number of halogens is 1. The van der Waals surface area contributed by atoms with E-state index in [1.165, 1.54) is 28.3 Å². The lowest BCUT2D eigenvalue weighted by molar-refractivity contribution is -0.117. The van der Waals surface area contributed by atoms with Crippen molar-refractivity contribution in [3.8, 4) is 12.3 Å². The Morgan fingerprint density at radius 1 is 0.600 bits per heavy atom. The van der Waals surface area contributed by atoms with E-state index >= 15 is 0 Å². The number of carbonyl (C=O) groups is 1. The molecule has 1 saturated heterocycles. The second-order valence-corrected chi connectivity index (χ2v) is 17.3. The summed E-state index contributed by atoms with van der Waals surface area (Å²) in [4.78, 5) is 13.6. The normalized spacial score (nSPS) is 13.1. The van der Waals surface area contributed by atoms with E-state index in [0.29, 0.717) is 6.42 Å². The third kappa shape index (κ3) is 14.0. The molecular formula is C47H62FNO. The van der Waals surface area contributed by atoms with Gasteiger partial charge in [-0.1, -0.05) is 155 Å². The molecule has 0 aromatic heterocycles. The number of amides is 1. The Morgan fingerprint density at radius 3 is 1.48 bits per heavy atom. The molecule has 1 aliphatic rings. The van der Waals surface area contributed by atoms with Crippen molar-refractivity contribution in [1.29, 1.82) is 0 Å². The van der Waals surface area contributed by atoms with Gasteiger partial charge in [0.15, 0.2) is 0 Å². The van der Waals surface area contributed by atoms with E-state index in [1.807, 2.05) is 35.2 Å². The standard InChI is InChI=1S/C14H19NO.C12H14.C11H16.C10H13F/c1-14(2,3)11-6-4-7-12(10-11)15-9-5-8-13(15)16;1-5-10-7-6-8-11(9-10)12(2,3)4;1-9-5-7-10(8-6-9)11(2,3)4;1-10(2,3)8-5-4-6-9(11)7-8/h4,6-7,10H,5,8-9H2,1-3H3;1,6-9H,2-4H3;5-8H,1-4H3;4-7H,1-3H3. The van der Waals surface area contributed by atoms with E-state index in [9.17, 15) is 9.18 Å². The average Bonchev–Trinajstić information content (AvgIpc) is 3.46. The van der Waals surface area contributed by atoms with Crippen LogP contribution in [0.15, 0.2) is 97.1 Å². The molecule has 0 bridgehead atoms. The fourth-order valence-corrected chi connectivity index (χ4v) is 5.15. The average molecular weight is 676 g/mol. The van der Waals surface area contributed by atoms with Gasteiger partial charge in [0, 0.05) is 24.2 Å². The Bertz CT molecular complexity index is 1700. The number of hydrogen-bond acceptors (Lipinski definition) is 1. The van der Waals surface area contributed by atoms with Crippen molar-refractivity contribution in [3.63, 3.8) is 0 Å². The quantitative estimate of drug-likeness (QED) is 0.184. The highest BCUT2D eigenvalue weighted by molar-refractivity contribution is 5.95. The van der Waals surface area contributed by atoms with E-state index < -0.39 is 0 Å². The van der Waals surface area contributed by atoms with Crippen LogP contribution in [0.25, 0.3) is 0 Å². The summed E-state index contributed by atoms with van der Waals surface area (Å²) in [5.41, 5.74) is 9.01. The van der Waals surface area contributed by atoms with E-state index in [1.54, 1.807) is 12.1 Å². The van der Waals surface area contributed by atoms with Crippen molar-refractivity contribution in [2.75, 3.05) is 11.4 Å². The van der Waals surface area contributed by atoms with Crippen LogP contribution in [-0.2, 0) is 26.5 Å². The number of anilines is 1. The minimum atomic E-state index is -0.155. The Balaban J connectivity index is 0.000000235. The molecule has 1 fully saturated rings. The lowest BCUT2D eigenvalue weighted by Crippen LogP contribution is -2.24. The first-order valence-electron chi connectivity index (χ1n) is 17.8. The molecule has 0 unspecified atom stereocenters. The largest absolute Gasteiger partial charge is 0.312 e. The monoisotopic (exact) mass is 675 g/mol. The Labute approximate surface area is 304 Å². The number of aryl methyl sites for hydroxylation is 1. The van der Waals surface area contributed by atoms with Crippen LogP contribution in [0.5, 0.6) is 0 Å². The van der Waals surface area contributed by atoms with Gasteiger partial charge in [0.05, 0.1) is 0 Å². The summed E-state index contributed by atoms with van der Waals surface area (Å²) >= 11 is 0. The number of terminal acetylenes is 1. The van der Waals surface area contributed by atoms with Gasteiger partial charge in [0.2, 0.25) is 5.91 Å². The molecule has 268 valence electrons.